The second kappa shape index (κ2) is 6.30. The summed E-state index contributed by atoms with van der Waals surface area (Å²) in [5.41, 5.74) is 0. The van der Waals surface area contributed by atoms with Gasteiger partial charge in [-0.05, 0) is 46.9 Å². The molecular formula is C10H10INO6S. The number of sulfonamides is 1. The summed E-state index contributed by atoms with van der Waals surface area (Å²) in [7, 11) is -4.06. The molecule has 0 radical (unpaired) electrons. The highest BCUT2D eigenvalue weighted by molar-refractivity contribution is 14.1. The molecule has 0 aliphatic rings. The molecule has 0 saturated heterocycles. The molecule has 1 aromatic carbocycles. The molecule has 7 nitrogen and oxygen atoms in total. The molecule has 0 fully saturated rings. The van der Waals surface area contributed by atoms with E-state index in [4.69, 9.17) is 10.2 Å². The van der Waals surface area contributed by atoms with Crippen molar-refractivity contribution in [2.24, 2.45) is 0 Å². The standard InChI is InChI=1S/C10H10INO6S/c11-6-1-3-7(4-2-6)19(17,18)12-8(10(15)16)5-9(13)14/h1-4,8,12H,5H2,(H,13,14)(H,15,16)/t8-/m1/s1. The Bertz CT molecular complexity index is 583. The molecule has 0 saturated carbocycles. The molecule has 1 atom stereocenters. The lowest BCUT2D eigenvalue weighted by Crippen LogP contribution is -2.42. The van der Waals surface area contributed by atoms with Gasteiger partial charge in [0.05, 0.1) is 11.3 Å². The minimum Gasteiger partial charge on any atom is -0.481 e. The first kappa shape index (κ1) is 15.9. The van der Waals surface area contributed by atoms with Gasteiger partial charge < -0.3 is 10.2 Å². The molecule has 1 rings (SSSR count). The van der Waals surface area contributed by atoms with Gasteiger partial charge in [0.25, 0.3) is 0 Å². The summed E-state index contributed by atoms with van der Waals surface area (Å²) in [6.07, 6.45) is -0.834. The van der Waals surface area contributed by atoms with Gasteiger partial charge in [-0.1, -0.05) is 0 Å². The van der Waals surface area contributed by atoms with E-state index in [0.717, 1.165) is 3.57 Å². The third-order valence-electron chi connectivity index (χ3n) is 2.10. The van der Waals surface area contributed by atoms with E-state index in [0.29, 0.717) is 0 Å². The Kier molecular flexibility index (Phi) is 5.26. The van der Waals surface area contributed by atoms with Crippen LogP contribution in [0.1, 0.15) is 6.42 Å². The summed E-state index contributed by atoms with van der Waals surface area (Å²) in [5.74, 6) is -2.95. The molecular weight excluding hydrogens is 389 g/mol. The number of rotatable bonds is 6. The van der Waals surface area contributed by atoms with Crippen LogP contribution in [0, 0.1) is 3.57 Å². The number of nitrogens with one attached hydrogen (secondary N) is 1. The Morgan fingerprint density at radius 2 is 1.74 bits per heavy atom. The van der Waals surface area contributed by atoms with E-state index >= 15 is 0 Å². The Morgan fingerprint density at radius 3 is 2.16 bits per heavy atom. The monoisotopic (exact) mass is 399 g/mol. The van der Waals surface area contributed by atoms with Crippen LogP contribution < -0.4 is 4.72 Å². The molecule has 0 aliphatic heterocycles. The molecule has 0 bridgehead atoms. The summed E-state index contributed by atoms with van der Waals surface area (Å²) in [6.45, 7) is 0. The molecule has 0 spiro atoms. The second-order valence-electron chi connectivity index (χ2n) is 3.56. The molecule has 9 heteroatoms. The van der Waals surface area contributed by atoms with Crippen molar-refractivity contribution in [1.29, 1.82) is 0 Å². The molecule has 0 heterocycles. The summed E-state index contributed by atoms with van der Waals surface area (Å²) in [5, 5.41) is 17.3. The van der Waals surface area contributed by atoms with Crippen molar-refractivity contribution in [2.75, 3.05) is 0 Å². The van der Waals surface area contributed by atoms with E-state index in [1.54, 1.807) is 12.1 Å². The molecule has 19 heavy (non-hydrogen) atoms. The van der Waals surface area contributed by atoms with Gasteiger partial charge in [0.15, 0.2) is 0 Å². The third-order valence-corrected chi connectivity index (χ3v) is 4.30. The van der Waals surface area contributed by atoms with E-state index in [2.05, 4.69) is 0 Å². The Hall–Kier alpha value is -1.20. The van der Waals surface area contributed by atoms with Crippen LogP contribution in [0.5, 0.6) is 0 Å². The van der Waals surface area contributed by atoms with Crippen molar-refractivity contribution < 1.29 is 28.2 Å². The summed E-state index contributed by atoms with van der Waals surface area (Å²) >= 11 is 1.99. The normalized spacial score (nSPS) is 12.9. The van der Waals surface area contributed by atoms with Gasteiger partial charge >= 0.3 is 11.9 Å². The van der Waals surface area contributed by atoms with E-state index < -0.39 is 34.4 Å². The van der Waals surface area contributed by atoms with E-state index in [1.165, 1.54) is 12.1 Å². The summed E-state index contributed by atoms with van der Waals surface area (Å²) < 4.78 is 26.4. The van der Waals surface area contributed by atoms with Crippen LogP contribution in [0.3, 0.4) is 0 Å². The highest BCUT2D eigenvalue weighted by Crippen LogP contribution is 2.13. The minimum atomic E-state index is -4.06. The van der Waals surface area contributed by atoms with Crippen LogP contribution in [0.2, 0.25) is 0 Å². The van der Waals surface area contributed by atoms with Crippen LogP contribution in [0.25, 0.3) is 0 Å². The zero-order valence-electron chi connectivity index (χ0n) is 9.41. The fourth-order valence-electron chi connectivity index (χ4n) is 1.22. The highest BCUT2D eigenvalue weighted by Gasteiger charge is 2.27. The van der Waals surface area contributed by atoms with Crippen molar-refractivity contribution in [3.05, 3.63) is 27.8 Å². The number of carboxylic acids is 2. The molecule has 3 N–H and O–H groups in total. The van der Waals surface area contributed by atoms with Crippen molar-refractivity contribution in [2.45, 2.75) is 17.4 Å². The maximum atomic E-state index is 11.9. The van der Waals surface area contributed by atoms with Crippen molar-refractivity contribution in [3.8, 4) is 0 Å². The van der Waals surface area contributed by atoms with Gasteiger partial charge in [-0.2, -0.15) is 4.72 Å². The SMILES string of the molecule is O=C(O)C[C@@H](NS(=O)(=O)c1ccc(I)cc1)C(=O)O. The molecule has 104 valence electrons. The number of hydrogen-bond acceptors (Lipinski definition) is 4. The Labute approximate surface area is 122 Å². The Balaban J connectivity index is 2.97. The Morgan fingerprint density at radius 1 is 1.21 bits per heavy atom. The largest absolute Gasteiger partial charge is 0.481 e. The molecule has 1 aromatic rings. The van der Waals surface area contributed by atoms with Gasteiger partial charge in [0.2, 0.25) is 10.0 Å². The van der Waals surface area contributed by atoms with Crippen LogP contribution in [-0.2, 0) is 19.6 Å². The molecule has 0 unspecified atom stereocenters. The van der Waals surface area contributed by atoms with Gasteiger partial charge in [-0.15, -0.1) is 0 Å². The lowest BCUT2D eigenvalue weighted by molar-refractivity contribution is -0.145. The lowest BCUT2D eigenvalue weighted by atomic mass is 10.2. The van der Waals surface area contributed by atoms with Crippen molar-refractivity contribution in [3.63, 3.8) is 0 Å². The van der Waals surface area contributed by atoms with Crippen molar-refractivity contribution in [1.82, 2.24) is 4.72 Å². The maximum absolute atomic E-state index is 11.9. The quantitative estimate of drug-likeness (QED) is 0.599. The maximum Gasteiger partial charge on any atom is 0.322 e. The predicted octanol–water partition coefficient (Wildman–Crippen LogP) is 0.497. The number of aliphatic carboxylic acids is 2. The van der Waals surface area contributed by atoms with Gasteiger partial charge in [-0.25, -0.2) is 8.42 Å². The zero-order valence-corrected chi connectivity index (χ0v) is 12.4. The highest BCUT2D eigenvalue weighted by atomic mass is 127. The zero-order chi connectivity index (χ0) is 14.6. The van der Waals surface area contributed by atoms with Gasteiger partial charge in [0.1, 0.15) is 6.04 Å². The fourth-order valence-corrected chi connectivity index (χ4v) is 2.77. The first-order chi connectivity index (χ1) is 8.72. The van der Waals surface area contributed by atoms with Crippen LogP contribution >= 0.6 is 22.6 Å². The lowest BCUT2D eigenvalue weighted by Gasteiger charge is -2.12. The number of carboxylic acid groups (broad SMARTS) is 2. The second-order valence-corrected chi connectivity index (χ2v) is 6.52. The fraction of sp³-hybridized carbons (Fsp3) is 0.200. The molecule has 0 amide bonds. The van der Waals surface area contributed by atoms with Crippen LogP contribution in [-0.4, -0.2) is 36.6 Å². The minimum absolute atomic E-state index is 0.121. The van der Waals surface area contributed by atoms with E-state index in [9.17, 15) is 18.0 Å². The number of benzene rings is 1. The summed E-state index contributed by atoms with van der Waals surface area (Å²) in [6, 6.07) is 4.00. The number of halogens is 1. The third kappa shape index (κ3) is 4.76. The van der Waals surface area contributed by atoms with Gasteiger partial charge in [-0.3, -0.25) is 9.59 Å². The van der Waals surface area contributed by atoms with Crippen LogP contribution in [0.4, 0.5) is 0 Å². The first-order valence-electron chi connectivity index (χ1n) is 4.95. The predicted molar refractivity (Wildman–Crippen MR) is 73.2 cm³/mol. The first-order valence-corrected chi connectivity index (χ1v) is 7.51. The van der Waals surface area contributed by atoms with Gasteiger partial charge in [0, 0.05) is 3.57 Å². The van der Waals surface area contributed by atoms with E-state index in [1.807, 2.05) is 27.3 Å². The summed E-state index contributed by atoms with van der Waals surface area (Å²) in [4.78, 5) is 21.2. The number of carbonyl (C=O) groups is 2. The topological polar surface area (TPSA) is 121 Å². The number of hydrogen-bond donors (Lipinski definition) is 3. The molecule has 0 aromatic heterocycles. The van der Waals surface area contributed by atoms with Crippen molar-refractivity contribution >= 4 is 44.6 Å². The average Bonchev–Trinajstić information content (AvgIpc) is 2.27. The average molecular weight is 399 g/mol. The smallest absolute Gasteiger partial charge is 0.322 e. The van der Waals surface area contributed by atoms with Crippen LogP contribution in [0.15, 0.2) is 29.2 Å². The van der Waals surface area contributed by atoms with E-state index in [-0.39, 0.29) is 4.90 Å². The molecule has 0 aliphatic carbocycles.